The molecule has 4 heteroatoms. The summed E-state index contributed by atoms with van der Waals surface area (Å²) < 4.78 is 4.15. The van der Waals surface area contributed by atoms with Gasteiger partial charge < -0.3 is 4.74 Å². The van der Waals surface area contributed by atoms with Crippen molar-refractivity contribution in [3.05, 3.63) is 35.4 Å². The number of aryl methyl sites for hydroxylation is 1. The minimum atomic E-state index is -0.0718. The van der Waals surface area contributed by atoms with Crippen molar-refractivity contribution >= 4 is 12.3 Å². The van der Waals surface area contributed by atoms with Crippen LogP contribution in [0, 0.1) is 18.3 Å². The maximum atomic E-state index is 9.82. The van der Waals surface area contributed by atoms with Gasteiger partial charge in [0, 0.05) is 0 Å². The monoisotopic (exact) mass is 361 g/mol. The van der Waals surface area contributed by atoms with Gasteiger partial charge in [0.25, 0.3) is 6.47 Å². The van der Waals surface area contributed by atoms with Crippen molar-refractivity contribution in [3.63, 3.8) is 0 Å². The number of carbonyl (C=O) groups excluding carboxylic acids is 2. The first-order valence-corrected chi connectivity index (χ1v) is 9.44. The van der Waals surface area contributed by atoms with Crippen LogP contribution in [0.5, 0.6) is 0 Å². The van der Waals surface area contributed by atoms with E-state index in [0.717, 1.165) is 5.92 Å². The van der Waals surface area contributed by atoms with Crippen LogP contribution >= 0.6 is 0 Å². The van der Waals surface area contributed by atoms with Crippen LogP contribution in [0.3, 0.4) is 0 Å². The molecule has 0 aromatic heterocycles. The number of rotatable bonds is 9. The molecule has 1 rings (SSSR count). The molecule has 0 saturated heterocycles. The molecule has 146 valence electrons. The molecule has 1 unspecified atom stereocenters. The molecule has 4 nitrogen and oxygen atoms in total. The fraction of sp³-hybridized carbons (Fsp3) is 0.591. The number of nitrogens with zero attached hydrogens (tertiary/aromatic N) is 1. The predicted octanol–water partition coefficient (Wildman–Crippen LogP) is 5.74. The first kappa shape index (κ1) is 26.1. The molecule has 1 aromatic rings. The molecule has 0 saturated carbocycles. The number of hydrogen-bond acceptors (Lipinski definition) is 4. The fourth-order valence-electron chi connectivity index (χ4n) is 2.38. The lowest BCUT2D eigenvalue weighted by atomic mass is 9.89. The molecule has 0 aliphatic rings. The van der Waals surface area contributed by atoms with Crippen LogP contribution in [0.2, 0.25) is 0 Å². The molecule has 0 heterocycles. The van der Waals surface area contributed by atoms with Crippen LogP contribution in [0.4, 0.5) is 0 Å². The number of hydrogen-bond donors (Lipinski definition) is 0. The van der Waals surface area contributed by atoms with Crippen LogP contribution in [0.15, 0.2) is 24.3 Å². The Bertz CT molecular complexity index is 520. The van der Waals surface area contributed by atoms with Gasteiger partial charge in [0.05, 0.1) is 19.1 Å². The quantitative estimate of drug-likeness (QED) is 0.526. The van der Waals surface area contributed by atoms with E-state index in [4.69, 9.17) is 5.26 Å². The molecular formula is C22H35NO3. The molecule has 1 aromatic carbocycles. The largest absolute Gasteiger partial charge is 0.468 e. The van der Waals surface area contributed by atoms with Gasteiger partial charge in [-0.25, -0.2) is 0 Å². The van der Waals surface area contributed by atoms with E-state index < -0.39 is 0 Å². The van der Waals surface area contributed by atoms with E-state index in [-0.39, 0.29) is 12.2 Å². The van der Waals surface area contributed by atoms with Crippen molar-refractivity contribution < 1.29 is 14.3 Å². The maximum Gasteiger partial charge on any atom is 0.293 e. The smallest absolute Gasteiger partial charge is 0.293 e. The second-order valence-electron chi connectivity index (χ2n) is 6.13. The van der Waals surface area contributed by atoms with Crippen molar-refractivity contribution in [2.45, 2.75) is 79.1 Å². The van der Waals surface area contributed by atoms with Gasteiger partial charge in [-0.1, -0.05) is 62.9 Å². The van der Waals surface area contributed by atoms with Gasteiger partial charge in [-0.3, -0.25) is 9.59 Å². The lowest BCUT2D eigenvalue weighted by molar-refractivity contribution is -0.128. The Hall–Kier alpha value is -2.15. The van der Waals surface area contributed by atoms with Crippen LogP contribution in [0.1, 0.15) is 83.3 Å². The van der Waals surface area contributed by atoms with Gasteiger partial charge in [-0.15, -0.1) is 0 Å². The topological polar surface area (TPSA) is 67.2 Å². The Labute approximate surface area is 159 Å². The summed E-state index contributed by atoms with van der Waals surface area (Å²) in [5, 5.41) is 7.77. The number of carbonyl (C=O) groups is 2. The van der Waals surface area contributed by atoms with E-state index in [9.17, 15) is 9.59 Å². The molecule has 0 amide bonds. The first-order chi connectivity index (χ1) is 12.5. The third kappa shape index (κ3) is 16.7. The number of benzene rings is 1. The zero-order chi connectivity index (χ0) is 20.2. The Kier molecular flexibility index (Phi) is 19.2. The zero-order valence-electron chi connectivity index (χ0n) is 17.1. The highest BCUT2D eigenvalue weighted by Crippen LogP contribution is 2.27. The highest BCUT2D eigenvalue weighted by Gasteiger charge is 2.09. The molecule has 0 fully saturated rings. The number of ether oxygens (including phenoxy) is 1. The lowest BCUT2D eigenvalue weighted by Gasteiger charge is -2.16. The summed E-state index contributed by atoms with van der Waals surface area (Å²) in [5.41, 5.74) is 2.94. The molecule has 0 bridgehead atoms. The summed E-state index contributed by atoms with van der Waals surface area (Å²) in [6.45, 7) is 10.8. The zero-order valence-corrected chi connectivity index (χ0v) is 17.1. The fourth-order valence-corrected chi connectivity index (χ4v) is 2.38. The first-order valence-electron chi connectivity index (χ1n) is 9.44. The van der Waals surface area contributed by atoms with Crippen molar-refractivity contribution in [3.8, 4) is 6.07 Å². The molecule has 0 aliphatic carbocycles. The van der Waals surface area contributed by atoms with Crippen LogP contribution in [-0.2, 0) is 14.3 Å². The van der Waals surface area contributed by atoms with Crippen molar-refractivity contribution in [2.75, 3.05) is 6.61 Å². The minimum absolute atomic E-state index is 0.0417. The van der Waals surface area contributed by atoms with Gasteiger partial charge in [0.1, 0.15) is 5.78 Å². The third-order valence-electron chi connectivity index (χ3n) is 3.62. The summed E-state index contributed by atoms with van der Waals surface area (Å²) in [5.74, 6) is 0.715. The molecule has 1 atom stereocenters. The van der Waals surface area contributed by atoms with E-state index in [1.54, 1.807) is 18.6 Å². The summed E-state index contributed by atoms with van der Waals surface area (Å²) in [4.78, 5) is 19.0. The van der Waals surface area contributed by atoms with Crippen molar-refractivity contribution in [1.29, 1.82) is 5.26 Å². The van der Waals surface area contributed by atoms with E-state index in [2.05, 4.69) is 49.8 Å². The number of Topliss-reactive ketones (excluding diaryl/α,β-unsaturated/α-hetero) is 1. The van der Waals surface area contributed by atoms with Crippen LogP contribution in [0.25, 0.3) is 0 Å². The SMILES string of the molecule is CC(=O)CC#N.CCCCC(CCC)c1cccc(C)c1.CCOC=O. The average Bonchev–Trinajstić information content (AvgIpc) is 2.60. The molecule has 26 heavy (non-hydrogen) atoms. The van der Waals surface area contributed by atoms with E-state index in [0.29, 0.717) is 13.1 Å². The molecule has 0 radical (unpaired) electrons. The summed E-state index contributed by atoms with van der Waals surface area (Å²) in [7, 11) is 0. The van der Waals surface area contributed by atoms with Crippen LogP contribution in [-0.4, -0.2) is 18.9 Å². The molecule has 0 N–H and O–H groups in total. The molecule has 0 aliphatic heterocycles. The average molecular weight is 362 g/mol. The summed E-state index contributed by atoms with van der Waals surface area (Å²) in [6, 6.07) is 10.7. The van der Waals surface area contributed by atoms with E-state index in [1.165, 1.54) is 44.6 Å². The van der Waals surface area contributed by atoms with Gasteiger partial charge in [-0.2, -0.15) is 5.26 Å². The second kappa shape index (κ2) is 19.2. The van der Waals surface area contributed by atoms with Crippen molar-refractivity contribution in [1.82, 2.24) is 0 Å². The number of nitriles is 1. The van der Waals surface area contributed by atoms with Gasteiger partial charge >= 0.3 is 0 Å². The normalized spacial score (nSPS) is 10.2. The van der Waals surface area contributed by atoms with E-state index in [1.807, 2.05) is 0 Å². The van der Waals surface area contributed by atoms with Gasteiger partial charge in [-0.05, 0) is 45.1 Å². The van der Waals surface area contributed by atoms with E-state index >= 15 is 0 Å². The number of unbranched alkanes of at least 4 members (excludes halogenated alkanes) is 1. The third-order valence-corrected chi connectivity index (χ3v) is 3.62. The highest BCUT2D eigenvalue weighted by molar-refractivity contribution is 5.77. The number of ketones is 1. The highest BCUT2D eigenvalue weighted by atomic mass is 16.5. The summed E-state index contributed by atoms with van der Waals surface area (Å²) >= 11 is 0. The Balaban J connectivity index is 0. The van der Waals surface area contributed by atoms with Gasteiger partial charge in [0.2, 0.25) is 0 Å². The Morgan fingerprint density at radius 2 is 1.92 bits per heavy atom. The lowest BCUT2D eigenvalue weighted by Crippen LogP contribution is -1.99. The molecule has 0 spiro atoms. The predicted molar refractivity (Wildman–Crippen MR) is 107 cm³/mol. The minimum Gasteiger partial charge on any atom is -0.468 e. The standard InChI is InChI=1S/C15H24.C4H5NO.C3H6O2/c1-4-6-10-14(8-5-2)15-11-7-9-13(3)12-15;1-4(6)2-3-5;1-2-5-3-4/h7,9,11-12,14H,4-6,8,10H2,1-3H3;2H2,1H3;3H,2H2,1H3. The summed E-state index contributed by atoms with van der Waals surface area (Å²) in [6.07, 6.45) is 6.70. The molecular weight excluding hydrogens is 326 g/mol. The van der Waals surface area contributed by atoms with Crippen LogP contribution < -0.4 is 0 Å². The van der Waals surface area contributed by atoms with Gasteiger partial charge in [0.15, 0.2) is 0 Å². The van der Waals surface area contributed by atoms with Crippen molar-refractivity contribution in [2.24, 2.45) is 0 Å². The Morgan fingerprint density at radius 1 is 1.23 bits per heavy atom. The Morgan fingerprint density at radius 3 is 2.27 bits per heavy atom. The maximum absolute atomic E-state index is 9.82. The second-order valence-corrected chi connectivity index (χ2v) is 6.13.